The summed E-state index contributed by atoms with van der Waals surface area (Å²) in [5.74, 6) is 2.98. The molecule has 0 amide bonds. The number of halogens is 3. The lowest BCUT2D eigenvalue weighted by Gasteiger charge is -2.35. The fourth-order valence-corrected chi connectivity index (χ4v) is 4.35. The summed E-state index contributed by atoms with van der Waals surface area (Å²) >= 11 is 6.06. The maximum Gasteiger partial charge on any atom is 0.0409 e. The highest BCUT2D eigenvalue weighted by molar-refractivity contribution is 6.30. The number of hydrogen-bond acceptors (Lipinski definition) is 3. The van der Waals surface area contributed by atoms with Crippen LogP contribution in [0.5, 0.6) is 0 Å². The normalized spacial score (nSPS) is 30.2. The summed E-state index contributed by atoms with van der Waals surface area (Å²) in [5.41, 5.74) is 1.33. The van der Waals surface area contributed by atoms with Gasteiger partial charge in [-0.25, -0.2) is 0 Å². The molecule has 2 saturated heterocycles. The zero-order valence-electron chi connectivity index (χ0n) is 13.3. The van der Waals surface area contributed by atoms with E-state index in [0.29, 0.717) is 0 Å². The van der Waals surface area contributed by atoms with Crippen LogP contribution in [-0.2, 0) is 6.54 Å². The average molecular weight is 379 g/mol. The molecule has 3 atom stereocenters. The Morgan fingerprint density at radius 3 is 2.30 bits per heavy atom. The van der Waals surface area contributed by atoms with Crippen LogP contribution in [0.3, 0.4) is 0 Å². The summed E-state index contributed by atoms with van der Waals surface area (Å²) in [4.78, 5) is 5.23. The maximum absolute atomic E-state index is 6.06. The first kappa shape index (κ1) is 19.3. The van der Waals surface area contributed by atoms with E-state index in [0.717, 1.165) is 29.3 Å². The molecule has 3 aliphatic rings. The molecule has 1 unspecified atom stereocenters. The van der Waals surface area contributed by atoms with E-state index in [-0.39, 0.29) is 24.8 Å². The number of nitrogens with one attached hydrogen (secondary N) is 1. The molecule has 6 heteroatoms. The average Bonchev–Trinajstić information content (AvgIpc) is 2.92. The van der Waals surface area contributed by atoms with Gasteiger partial charge in [0.2, 0.25) is 0 Å². The summed E-state index contributed by atoms with van der Waals surface area (Å²) in [6, 6.07) is 8.27. The topological polar surface area (TPSA) is 18.5 Å². The second kappa shape index (κ2) is 8.37. The van der Waals surface area contributed by atoms with Crippen LogP contribution < -0.4 is 5.32 Å². The van der Waals surface area contributed by atoms with Crippen LogP contribution >= 0.6 is 36.4 Å². The molecule has 0 radical (unpaired) electrons. The third kappa shape index (κ3) is 4.53. The molecule has 1 aromatic carbocycles. The predicted octanol–water partition coefficient (Wildman–Crippen LogP) is 2.77. The van der Waals surface area contributed by atoms with Gasteiger partial charge in [-0.1, -0.05) is 23.7 Å². The van der Waals surface area contributed by atoms with Crippen LogP contribution in [0.25, 0.3) is 0 Å². The van der Waals surface area contributed by atoms with Gasteiger partial charge in [0, 0.05) is 44.3 Å². The van der Waals surface area contributed by atoms with Crippen molar-refractivity contribution in [3.63, 3.8) is 0 Å². The molecular formula is C17H26Cl3N3. The Morgan fingerprint density at radius 1 is 1.00 bits per heavy atom. The van der Waals surface area contributed by atoms with Crippen LogP contribution in [0.15, 0.2) is 24.3 Å². The van der Waals surface area contributed by atoms with Crippen LogP contribution in [0.1, 0.15) is 5.56 Å². The largest absolute Gasteiger partial charge is 0.316 e. The SMILES string of the molecule is Cl.Cl.Clc1cccc(CN2CCN(CC3[C@H]4CNC[C@@H]34)CC2)c1. The van der Waals surface area contributed by atoms with E-state index in [1.54, 1.807) is 0 Å². The van der Waals surface area contributed by atoms with E-state index in [1.165, 1.54) is 51.4 Å². The number of nitrogens with zero attached hydrogens (tertiary/aromatic N) is 2. The Morgan fingerprint density at radius 2 is 1.65 bits per heavy atom. The first-order valence-electron chi connectivity index (χ1n) is 8.19. The van der Waals surface area contributed by atoms with Crippen molar-refractivity contribution in [1.82, 2.24) is 15.1 Å². The van der Waals surface area contributed by atoms with Gasteiger partial charge in [-0.15, -0.1) is 24.8 Å². The van der Waals surface area contributed by atoms with Crippen molar-refractivity contribution in [3.8, 4) is 0 Å². The molecule has 2 heterocycles. The van der Waals surface area contributed by atoms with Gasteiger partial charge < -0.3 is 10.2 Å². The van der Waals surface area contributed by atoms with Gasteiger partial charge >= 0.3 is 0 Å². The zero-order chi connectivity index (χ0) is 14.2. The van der Waals surface area contributed by atoms with Gasteiger partial charge in [0.05, 0.1) is 0 Å². The molecule has 130 valence electrons. The molecule has 1 saturated carbocycles. The number of fused-ring (bicyclic) bond motifs is 1. The maximum atomic E-state index is 6.06. The third-order valence-electron chi connectivity index (χ3n) is 5.50. The van der Waals surface area contributed by atoms with E-state index in [9.17, 15) is 0 Å². The smallest absolute Gasteiger partial charge is 0.0409 e. The van der Waals surface area contributed by atoms with Crippen molar-refractivity contribution in [3.05, 3.63) is 34.9 Å². The standard InChI is InChI=1S/C17H24ClN3.2ClH/c18-14-3-1-2-13(8-14)11-20-4-6-21(7-5-20)12-17-15-9-19-10-16(15)17;;/h1-3,8,15-17,19H,4-7,9-12H2;2*1H/t15-,16+,17?;;. The van der Waals surface area contributed by atoms with E-state index in [2.05, 4.69) is 27.2 Å². The molecule has 3 nitrogen and oxygen atoms in total. The zero-order valence-corrected chi connectivity index (χ0v) is 15.7. The predicted molar refractivity (Wildman–Crippen MR) is 101 cm³/mol. The molecule has 0 spiro atoms. The highest BCUT2D eigenvalue weighted by Crippen LogP contribution is 2.48. The molecule has 1 aliphatic carbocycles. The van der Waals surface area contributed by atoms with Gasteiger partial charge in [-0.2, -0.15) is 0 Å². The number of benzene rings is 1. The van der Waals surface area contributed by atoms with Crippen molar-refractivity contribution >= 4 is 36.4 Å². The van der Waals surface area contributed by atoms with Gasteiger partial charge in [0.1, 0.15) is 0 Å². The van der Waals surface area contributed by atoms with Crippen molar-refractivity contribution in [2.45, 2.75) is 6.54 Å². The number of piperidine rings is 1. The van der Waals surface area contributed by atoms with Crippen LogP contribution in [-0.4, -0.2) is 55.6 Å². The summed E-state index contributed by atoms with van der Waals surface area (Å²) in [6.45, 7) is 9.73. The minimum absolute atomic E-state index is 0. The highest BCUT2D eigenvalue weighted by Gasteiger charge is 2.52. The van der Waals surface area contributed by atoms with E-state index >= 15 is 0 Å². The number of rotatable bonds is 4. The summed E-state index contributed by atoms with van der Waals surface area (Å²) < 4.78 is 0. The third-order valence-corrected chi connectivity index (χ3v) is 5.73. The lowest BCUT2D eigenvalue weighted by atomic mass is 10.2. The van der Waals surface area contributed by atoms with Crippen LogP contribution in [0.2, 0.25) is 5.02 Å². The number of piperazine rings is 1. The lowest BCUT2D eigenvalue weighted by molar-refractivity contribution is 0.120. The molecule has 4 rings (SSSR count). The molecular weight excluding hydrogens is 353 g/mol. The Bertz CT molecular complexity index is 496. The fraction of sp³-hybridized carbons (Fsp3) is 0.647. The monoisotopic (exact) mass is 377 g/mol. The Kier molecular flexibility index (Phi) is 7.02. The van der Waals surface area contributed by atoms with Crippen LogP contribution in [0.4, 0.5) is 0 Å². The van der Waals surface area contributed by atoms with Crippen LogP contribution in [0, 0.1) is 17.8 Å². The lowest BCUT2D eigenvalue weighted by Crippen LogP contribution is -2.46. The summed E-state index contributed by atoms with van der Waals surface area (Å²) in [7, 11) is 0. The molecule has 1 aromatic rings. The van der Waals surface area contributed by atoms with Crippen molar-refractivity contribution < 1.29 is 0 Å². The second-order valence-electron chi connectivity index (χ2n) is 6.86. The molecule has 1 N–H and O–H groups in total. The second-order valence-corrected chi connectivity index (χ2v) is 7.29. The molecule has 0 aromatic heterocycles. The van der Waals surface area contributed by atoms with Gasteiger partial charge in [-0.05, 0) is 48.5 Å². The van der Waals surface area contributed by atoms with Crippen molar-refractivity contribution in [2.75, 3.05) is 45.8 Å². The Labute approximate surface area is 156 Å². The first-order chi connectivity index (χ1) is 10.3. The van der Waals surface area contributed by atoms with E-state index < -0.39 is 0 Å². The van der Waals surface area contributed by atoms with E-state index in [4.69, 9.17) is 11.6 Å². The summed E-state index contributed by atoms with van der Waals surface area (Å²) in [6.07, 6.45) is 0. The molecule has 23 heavy (non-hydrogen) atoms. The molecule has 2 aliphatic heterocycles. The fourth-order valence-electron chi connectivity index (χ4n) is 4.14. The van der Waals surface area contributed by atoms with Gasteiger partial charge in [0.15, 0.2) is 0 Å². The minimum atomic E-state index is 0. The molecule has 3 fully saturated rings. The van der Waals surface area contributed by atoms with E-state index in [1.807, 2.05) is 12.1 Å². The minimum Gasteiger partial charge on any atom is -0.316 e. The van der Waals surface area contributed by atoms with Crippen molar-refractivity contribution in [1.29, 1.82) is 0 Å². The van der Waals surface area contributed by atoms with Gasteiger partial charge in [0.25, 0.3) is 0 Å². The van der Waals surface area contributed by atoms with Crippen molar-refractivity contribution in [2.24, 2.45) is 17.8 Å². The Hall–Kier alpha value is -0.0300. The summed E-state index contributed by atoms with van der Waals surface area (Å²) in [5, 5.41) is 4.34. The quantitative estimate of drug-likeness (QED) is 0.869. The first-order valence-corrected chi connectivity index (χ1v) is 8.57. The van der Waals surface area contributed by atoms with Gasteiger partial charge in [-0.3, -0.25) is 4.90 Å². The molecule has 0 bridgehead atoms. The Balaban J connectivity index is 0.000000960. The number of hydrogen-bond donors (Lipinski definition) is 1. The highest BCUT2D eigenvalue weighted by atomic mass is 35.5.